The van der Waals surface area contributed by atoms with Crippen molar-refractivity contribution >= 4 is 17.5 Å². The summed E-state index contributed by atoms with van der Waals surface area (Å²) in [6.07, 6.45) is -1.09. The summed E-state index contributed by atoms with van der Waals surface area (Å²) < 4.78 is 27.8. The Bertz CT molecular complexity index is 1640. The second-order valence-corrected chi connectivity index (χ2v) is 10.0. The summed E-state index contributed by atoms with van der Waals surface area (Å²) in [5.74, 6) is 1.02. The lowest BCUT2D eigenvalue weighted by Gasteiger charge is -2.55. The van der Waals surface area contributed by atoms with E-state index in [-0.39, 0.29) is 42.7 Å². The Morgan fingerprint density at radius 3 is 2.05 bits per heavy atom. The Hall–Kier alpha value is -5.32. The van der Waals surface area contributed by atoms with Crippen molar-refractivity contribution in [1.82, 2.24) is 14.9 Å². The molecule has 11 nitrogen and oxygen atoms in total. The quantitative estimate of drug-likeness (QED) is 0.273. The number of carbonyl (C=O) groups is 2. The number of benzene rings is 3. The molecule has 3 heterocycles. The van der Waals surface area contributed by atoms with Crippen LogP contribution < -0.4 is 28.6 Å². The molecule has 1 fully saturated rings. The molecule has 0 aliphatic carbocycles. The standard InChI is InChI=1S/C32H30N4O7/c1-39-22-14-20(15-23(16-22)40-2)18-35-25-13-9-8-12-24(25)32(21-10-6-5-7-11-21)29(30(38)36(32)19-28(35)37)43-31-33-26(41-3)17-27(34-31)42-4/h5-17,29H,18-19H2,1-4H3/t29-,32-/m1/s1. The normalized spacial score (nSPS) is 19.0. The van der Waals surface area contributed by atoms with Gasteiger partial charge >= 0.3 is 6.01 Å². The SMILES string of the molecule is COc1cc(CN2C(=O)CN3C(=O)[C@@H](Oc4nc(OC)cc(OC)n4)[C@@]3(c3ccccc3)c3ccccc32)cc(OC)c1. The number of hydrogen-bond donors (Lipinski definition) is 0. The first-order valence-electron chi connectivity index (χ1n) is 13.6. The highest BCUT2D eigenvalue weighted by molar-refractivity contribution is 6.04. The van der Waals surface area contributed by atoms with Gasteiger partial charge in [0, 0.05) is 11.6 Å². The van der Waals surface area contributed by atoms with E-state index in [0.29, 0.717) is 17.2 Å². The van der Waals surface area contributed by atoms with Crippen molar-refractivity contribution in [3.05, 3.63) is 95.6 Å². The molecule has 0 saturated carbocycles. The number of β-lactam (4-membered cyclic amide) rings is 1. The van der Waals surface area contributed by atoms with E-state index in [2.05, 4.69) is 9.97 Å². The zero-order valence-electron chi connectivity index (χ0n) is 24.1. The Kier molecular flexibility index (Phi) is 7.22. The summed E-state index contributed by atoms with van der Waals surface area (Å²) in [5.41, 5.74) is 1.78. The number of methoxy groups -OCH3 is 4. The van der Waals surface area contributed by atoms with E-state index in [0.717, 1.165) is 16.7 Å². The van der Waals surface area contributed by atoms with Crippen molar-refractivity contribution < 1.29 is 33.3 Å². The molecular formula is C32H30N4O7. The zero-order valence-corrected chi connectivity index (χ0v) is 24.1. The summed E-state index contributed by atoms with van der Waals surface area (Å²) in [5, 5.41) is 0. The predicted molar refractivity (Wildman–Crippen MR) is 156 cm³/mol. The summed E-state index contributed by atoms with van der Waals surface area (Å²) in [6, 6.07) is 24.0. The molecule has 0 unspecified atom stereocenters. The minimum absolute atomic E-state index is 0.0853. The first-order chi connectivity index (χ1) is 20.9. The summed E-state index contributed by atoms with van der Waals surface area (Å²) in [4.78, 5) is 39.8. The van der Waals surface area contributed by atoms with Crippen LogP contribution in [-0.2, 0) is 21.7 Å². The molecule has 43 heavy (non-hydrogen) atoms. The predicted octanol–water partition coefficient (Wildman–Crippen LogP) is 3.59. The highest BCUT2D eigenvalue weighted by Gasteiger charge is 2.66. The summed E-state index contributed by atoms with van der Waals surface area (Å²) in [7, 11) is 6.08. The van der Waals surface area contributed by atoms with Gasteiger partial charge in [0.15, 0.2) is 0 Å². The Labute approximate surface area is 248 Å². The molecule has 2 aliphatic rings. The average Bonchev–Trinajstić information content (AvgIpc) is 3.15. The van der Waals surface area contributed by atoms with Crippen LogP contribution in [0.15, 0.2) is 78.9 Å². The van der Waals surface area contributed by atoms with Gasteiger partial charge in [-0.3, -0.25) is 9.59 Å². The van der Waals surface area contributed by atoms with E-state index in [1.807, 2.05) is 66.7 Å². The number of amides is 2. The van der Waals surface area contributed by atoms with Crippen LogP contribution in [0.25, 0.3) is 0 Å². The molecule has 2 amide bonds. The van der Waals surface area contributed by atoms with Crippen molar-refractivity contribution in [2.45, 2.75) is 18.2 Å². The maximum atomic E-state index is 14.0. The molecule has 220 valence electrons. The highest BCUT2D eigenvalue weighted by Crippen LogP contribution is 2.53. The van der Waals surface area contributed by atoms with Gasteiger partial charge in [0.05, 0.1) is 46.7 Å². The van der Waals surface area contributed by atoms with Gasteiger partial charge in [0.25, 0.3) is 5.91 Å². The van der Waals surface area contributed by atoms with E-state index in [9.17, 15) is 9.59 Å². The number of hydrogen-bond acceptors (Lipinski definition) is 9. The number of anilines is 1. The van der Waals surface area contributed by atoms with Crippen LogP contribution in [0.2, 0.25) is 0 Å². The first kappa shape index (κ1) is 27.8. The van der Waals surface area contributed by atoms with Crippen LogP contribution in [0.3, 0.4) is 0 Å². The Morgan fingerprint density at radius 2 is 1.42 bits per heavy atom. The molecule has 4 aromatic rings. The molecule has 11 heteroatoms. The van der Waals surface area contributed by atoms with Gasteiger partial charge < -0.3 is 33.5 Å². The van der Waals surface area contributed by atoms with Crippen molar-refractivity contribution in [1.29, 1.82) is 0 Å². The molecule has 0 radical (unpaired) electrons. The van der Waals surface area contributed by atoms with E-state index in [4.69, 9.17) is 23.7 Å². The number of ether oxygens (including phenoxy) is 5. The third-order valence-electron chi connectivity index (χ3n) is 7.76. The van der Waals surface area contributed by atoms with E-state index < -0.39 is 11.6 Å². The largest absolute Gasteiger partial charge is 0.497 e. The second kappa shape index (κ2) is 11.2. The van der Waals surface area contributed by atoms with Gasteiger partial charge in [-0.15, -0.1) is 0 Å². The number of rotatable bonds is 9. The van der Waals surface area contributed by atoms with Crippen LogP contribution >= 0.6 is 0 Å². The fourth-order valence-electron chi connectivity index (χ4n) is 5.80. The highest BCUT2D eigenvalue weighted by atomic mass is 16.5. The molecule has 0 bridgehead atoms. The van der Waals surface area contributed by atoms with E-state index in [1.54, 1.807) is 30.1 Å². The summed E-state index contributed by atoms with van der Waals surface area (Å²) >= 11 is 0. The maximum absolute atomic E-state index is 14.0. The molecule has 1 aromatic heterocycles. The van der Waals surface area contributed by atoms with Crippen molar-refractivity contribution in [2.24, 2.45) is 0 Å². The maximum Gasteiger partial charge on any atom is 0.323 e. The van der Waals surface area contributed by atoms with E-state index in [1.165, 1.54) is 20.3 Å². The van der Waals surface area contributed by atoms with Gasteiger partial charge in [-0.25, -0.2) is 0 Å². The van der Waals surface area contributed by atoms with Crippen molar-refractivity contribution in [3.63, 3.8) is 0 Å². The van der Waals surface area contributed by atoms with Gasteiger partial charge in [0.2, 0.25) is 23.8 Å². The summed E-state index contributed by atoms with van der Waals surface area (Å²) in [6.45, 7) is 0.0453. The molecule has 6 rings (SSSR count). The monoisotopic (exact) mass is 582 g/mol. The Morgan fingerprint density at radius 1 is 0.791 bits per heavy atom. The van der Waals surface area contributed by atoms with Crippen LogP contribution in [0, 0.1) is 0 Å². The van der Waals surface area contributed by atoms with Gasteiger partial charge in [-0.05, 0) is 29.3 Å². The van der Waals surface area contributed by atoms with Crippen LogP contribution in [0.4, 0.5) is 5.69 Å². The fraction of sp³-hybridized carbons (Fsp3) is 0.250. The minimum Gasteiger partial charge on any atom is -0.497 e. The number of fused-ring (bicyclic) bond motifs is 3. The van der Waals surface area contributed by atoms with Crippen LogP contribution in [-0.4, -0.2) is 67.8 Å². The Balaban J connectivity index is 1.50. The molecule has 0 spiro atoms. The van der Waals surface area contributed by atoms with Crippen molar-refractivity contribution in [2.75, 3.05) is 39.9 Å². The molecule has 2 aliphatic heterocycles. The number of para-hydroxylation sites is 1. The van der Waals surface area contributed by atoms with Crippen molar-refractivity contribution in [3.8, 4) is 29.3 Å². The lowest BCUT2D eigenvalue weighted by molar-refractivity contribution is -0.178. The third kappa shape index (κ3) is 4.62. The molecular weight excluding hydrogens is 552 g/mol. The molecule has 0 N–H and O–H groups in total. The first-order valence-corrected chi connectivity index (χ1v) is 13.6. The lowest BCUT2D eigenvalue weighted by atomic mass is 9.69. The minimum atomic E-state index is -1.16. The van der Waals surface area contributed by atoms with Gasteiger partial charge in [0.1, 0.15) is 23.6 Å². The van der Waals surface area contributed by atoms with E-state index >= 15 is 0 Å². The average molecular weight is 583 g/mol. The number of carbonyl (C=O) groups excluding carboxylic acids is 2. The topological polar surface area (TPSA) is 113 Å². The van der Waals surface area contributed by atoms with Gasteiger partial charge in [-0.2, -0.15) is 9.97 Å². The second-order valence-electron chi connectivity index (χ2n) is 10.0. The molecule has 3 aromatic carbocycles. The fourth-order valence-corrected chi connectivity index (χ4v) is 5.80. The van der Waals surface area contributed by atoms with Gasteiger partial charge in [-0.1, -0.05) is 48.5 Å². The lowest BCUT2D eigenvalue weighted by Crippen LogP contribution is -2.74. The number of nitrogens with zero attached hydrogens (tertiary/aromatic N) is 4. The smallest absolute Gasteiger partial charge is 0.323 e. The molecule has 2 atom stereocenters. The van der Waals surface area contributed by atoms with Crippen LogP contribution in [0.1, 0.15) is 16.7 Å². The third-order valence-corrected chi connectivity index (χ3v) is 7.76. The number of aromatic nitrogens is 2. The molecule has 1 saturated heterocycles. The zero-order chi connectivity index (χ0) is 30.1. The van der Waals surface area contributed by atoms with Crippen LogP contribution in [0.5, 0.6) is 29.3 Å².